The molecule has 0 unspecified atom stereocenters. The lowest BCUT2D eigenvalue weighted by Gasteiger charge is -2.00. The summed E-state index contributed by atoms with van der Waals surface area (Å²) in [5.74, 6) is 0. The molecular formula is C8H10N2O2. The fourth-order valence-electron chi connectivity index (χ4n) is 0.896. The third kappa shape index (κ3) is 1.53. The van der Waals surface area contributed by atoms with Crippen molar-refractivity contribution in [3.63, 3.8) is 0 Å². The van der Waals surface area contributed by atoms with E-state index in [0.717, 1.165) is 11.1 Å². The Morgan fingerprint density at radius 1 is 1.33 bits per heavy atom. The molecule has 0 bridgehead atoms. The first-order valence-corrected chi connectivity index (χ1v) is 3.54. The normalized spacial score (nSPS) is 11.7. The summed E-state index contributed by atoms with van der Waals surface area (Å²) in [6.45, 7) is 3.84. The van der Waals surface area contributed by atoms with Gasteiger partial charge in [-0.3, -0.25) is 0 Å². The van der Waals surface area contributed by atoms with E-state index in [-0.39, 0.29) is 4.86 Å². The lowest BCUT2D eigenvalue weighted by molar-refractivity contribution is -0.473. The van der Waals surface area contributed by atoms with Crippen molar-refractivity contribution in [2.75, 3.05) is 0 Å². The van der Waals surface area contributed by atoms with E-state index in [2.05, 4.69) is 5.28 Å². The van der Waals surface area contributed by atoms with Crippen LogP contribution in [0.4, 0.5) is 5.69 Å². The molecular weight excluding hydrogens is 156 g/mol. The van der Waals surface area contributed by atoms with Crippen LogP contribution in [-0.4, -0.2) is 10.1 Å². The van der Waals surface area contributed by atoms with Gasteiger partial charge in [0.15, 0.2) is 0 Å². The molecule has 0 aliphatic rings. The highest BCUT2D eigenvalue weighted by atomic mass is 16.6. The summed E-state index contributed by atoms with van der Waals surface area (Å²) in [7, 11) is 0. The van der Waals surface area contributed by atoms with Crippen LogP contribution >= 0.6 is 0 Å². The van der Waals surface area contributed by atoms with Gasteiger partial charge in [-0.15, -0.1) is 0 Å². The first-order chi connectivity index (χ1) is 5.65. The second kappa shape index (κ2) is 3.21. The molecule has 0 spiro atoms. The fraction of sp³-hybridized carbons (Fsp3) is 0.250. The molecule has 0 heterocycles. The van der Waals surface area contributed by atoms with Crippen LogP contribution in [-0.2, 0) is 0 Å². The third-order valence-corrected chi connectivity index (χ3v) is 1.79. The van der Waals surface area contributed by atoms with E-state index in [1.165, 1.54) is 0 Å². The lowest BCUT2D eigenvalue weighted by Crippen LogP contribution is -1.91. The van der Waals surface area contributed by atoms with Crippen molar-refractivity contribution in [3.05, 3.63) is 34.5 Å². The molecule has 0 fully saturated rings. The number of hydrogen-bond acceptors (Lipinski definition) is 2. The van der Waals surface area contributed by atoms with Gasteiger partial charge in [-0.2, -0.15) is 0 Å². The predicted octanol–water partition coefficient (Wildman–Crippen LogP) is 2.29. The van der Waals surface area contributed by atoms with Crippen LogP contribution in [0.15, 0.2) is 23.5 Å². The molecule has 1 aromatic carbocycles. The van der Waals surface area contributed by atoms with Crippen LogP contribution in [0.1, 0.15) is 11.1 Å². The molecule has 1 aromatic rings. The Morgan fingerprint density at radius 3 is 2.50 bits per heavy atom. The highest BCUT2D eigenvalue weighted by Crippen LogP contribution is 2.16. The molecule has 0 saturated carbocycles. The number of rotatable bonds is 1. The molecule has 0 aliphatic heterocycles. The van der Waals surface area contributed by atoms with Crippen molar-refractivity contribution in [1.29, 1.82) is 0 Å². The maximum atomic E-state index is 10.8. The minimum atomic E-state index is 0.173. The molecule has 0 atom stereocenters. The Kier molecular flexibility index (Phi) is 2.28. The maximum Gasteiger partial charge on any atom is 0.248 e. The predicted molar refractivity (Wildman–Crippen MR) is 43.4 cm³/mol. The van der Waals surface area contributed by atoms with Crippen LogP contribution < -0.4 is 0 Å². The van der Waals surface area contributed by atoms with Crippen molar-refractivity contribution in [3.8, 4) is 0 Å². The topological polar surface area (TPSA) is 58.7 Å². The highest BCUT2D eigenvalue weighted by molar-refractivity contribution is 5.38. The van der Waals surface area contributed by atoms with Gasteiger partial charge >= 0.3 is 0 Å². The summed E-state index contributed by atoms with van der Waals surface area (Å²) in [5, 5.41) is 21.5. The van der Waals surface area contributed by atoms with E-state index in [9.17, 15) is 5.21 Å². The van der Waals surface area contributed by atoms with Gasteiger partial charge < -0.3 is 10.4 Å². The van der Waals surface area contributed by atoms with Crippen LogP contribution in [0, 0.1) is 19.1 Å². The van der Waals surface area contributed by atoms with Gasteiger partial charge in [0.2, 0.25) is 11.0 Å². The molecule has 4 heteroatoms. The van der Waals surface area contributed by atoms with Crippen molar-refractivity contribution < 1.29 is 10.1 Å². The SMILES string of the molecule is Cc1ccc([N+]([O-])=NO)cc1C. The van der Waals surface area contributed by atoms with Gasteiger partial charge in [0.25, 0.3) is 0 Å². The molecule has 0 aliphatic carbocycles. The van der Waals surface area contributed by atoms with Crippen molar-refractivity contribution in [2.24, 2.45) is 5.28 Å². The molecule has 0 saturated heterocycles. The zero-order valence-corrected chi connectivity index (χ0v) is 6.98. The summed E-state index contributed by atoms with van der Waals surface area (Å²) in [4.78, 5) is 0.173. The molecule has 1 rings (SSSR count). The molecule has 64 valence electrons. The first-order valence-electron chi connectivity index (χ1n) is 3.54. The average Bonchev–Trinajstić information content (AvgIpc) is 2.08. The number of benzene rings is 1. The molecule has 4 nitrogen and oxygen atoms in total. The van der Waals surface area contributed by atoms with E-state index in [1.54, 1.807) is 18.2 Å². The summed E-state index contributed by atoms with van der Waals surface area (Å²) in [6, 6.07) is 5.08. The molecule has 1 N–H and O–H groups in total. The Hall–Kier alpha value is -1.58. The largest absolute Gasteiger partial charge is 0.592 e. The second-order valence-electron chi connectivity index (χ2n) is 2.63. The lowest BCUT2D eigenvalue weighted by atomic mass is 10.1. The van der Waals surface area contributed by atoms with E-state index in [4.69, 9.17) is 5.21 Å². The molecule has 0 radical (unpaired) electrons. The summed E-state index contributed by atoms with van der Waals surface area (Å²) in [6.07, 6.45) is 0. The van der Waals surface area contributed by atoms with Crippen molar-refractivity contribution in [1.82, 2.24) is 0 Å². The highest BCUT2D eigenvalue weighted by Gasteiger charge is 2.03. The van der Waals surface area contributed by atoms with E-state index >= 15 is 0 Å². The van der Waals surface area contributed by atoms with E-state index in [1.807, 2.05) is 13.8 Å². The number of nitrogens with zero attached hydrogens (tertiary/aromatic N) is 2. The quantitative estimate of drug-likeness (QED) is 0.395. The van der Waals surface area contributed by atoms with Gasteiger partial charge in [0, 0.05) is 12.1 Å². The van der Waals surface area contributed by atoms with Crippen molar-refractivity contribution in [2.45, 2.75) is 13.8 Å². The molecule has 12 heavy (non-hydrogen) atoms. The van der Waals surface area contributed by atoms with Crippen LogP contribution in [0.5, 0.6) is 0 Å². The van der Waals surface area contributed by atoms with Crippen LogP contribution in [0.3, 0.4) is 0 Å². The van der Waals surface area contributed by atoms with Crippen LogP contribution in [0.2, 0.25) is 0 Å². The van der Waals surface area contributed by atoms with E-state index < -0.39 is 0 Å². The van der Waals surface area contributed by atoms with Crippen molar-refractivity contribution >= 4 is 5.69 Å². The fourth-order valence-corrected chi connectivity index (χ4v) is 0.896. The zero-order chi connectivity index (χ0) is 9.14. The Bertz CT molecular complexity index is 321. The van der Waals surface area contributed by atoms with Gasteiger partial charge in [-0.1, -0.05) is 6.07 Å². The monoisotopic (exact) mass is 166 g/mol. The molecule has 0 aromatic heterocycles. The summed E-state index contributed by atoms with van der Waals surface area (Å²) < 4.78 is 0. The second-order valence-corrected chi connectivity index (χ2v) is 2.63. The number of aryl methyl sites for hydroxylation is 2. The zero-order valence-electron chi connectivity index (χ0n) is 6.98. The summed E-state index contributed by atoms with van der Waals surface area (Å²) in [5.41, 5.74) is 2.43. The molecule has 0 amide bonds. The van der Waals surface area contributed by atoms with Crippen LogP contribution in [0.25, 0.3) is 0 Å². The number of hydrogen-bond donors (Lipinski definition) is 1. The third-order valence-electron chi connectivity index (χ3n) is 1.79. The minimum absolute atomic E-state index is 0.173. The van der Waals surface area contributed by atoms with Gasteiger partial charge in [0.05, 0.1) is 0 Å². The Morgan fingerprint density at radius 2 is 2.00 bits per heavy atom. The van der Waals surface area contributed by atoms with Gasteiger partial charge in [0.1, 0.15) is 0 Å². The summed E-state index contributed by atoms with van der Waals surface area (Å²) >= 11 is 0. The average molecular weight is 166 g/mol. The van der Waals surface area contributed by atoms with Gasteiger partial charge in [-0.25, -0.2) is 0 Å². The van der Waals surface area contributed by atoms with E-state index in [0.29, 0.717) is 5.69 Å². The standard InChI is InChI=1S/C8H10N2O2/c1-6-3-4-8(5-7(6)2)10(12)9-11/h3-5,11H,1-2H3. The first kappa shape index (κ1) is 8.52. The Balaban J connectivity index is 3.13. The maximum absolute atomic E-state index is 10.8. The smallest absolute Gasteiger partial charge is 0.248 e. The van der Waals surface area contributed by atoms with Gasteiger partial charge in [-0.05, 0) is 29.8 Å². The minimum Gasteiger partial charge on any atom is -0.592 e. The Labute approximate surface area is 70.3 Å².